The van der Waals surface area contributed by atoms with Crippen LogP contribution in [0.1, 0.15) is 39.0 Å². The Morgan fingerprint density at radius 3 is 2.38 bits per heavy atom. The van der Waals surface area contributed by atoms with Crippen LogP contribution in [0.15, 0.2) is 66.7 Å². The monoisotopic (exact) mass is 646 g/mol. The number of nitrogens with zero attached hydrogens (tertiary/aromatic N) is 1. The molecular weight excluding hydrogens is 604 g/mol. The molecule has 1 aliphatic heterocycles. The third-order valence-corrected chi connectivity index (χ3v) is 7.89. The second-order valence-electron chi connectivity index (χ2n) is 11.6. The number of rotatable bonds is 14. The van der Waals surface area contributed by atoms with Gasteiger partial charge >= 0.3 is 12.1 Å². The minimum absolute atomic E-state index is 0.116. The third kappa shape index (κ3) is 9.94. The van der Waals surface area contributed by atoms with E-state index in [0.717, 1.165) is 27.9 Å². The molecule has 12 heteroatoms. The number of anilines is 1. The lowest BCUT2D eigenvalue weighted by atomic mass is 9.99. The SMILES string of the molecule is COc1cccc(NC[C@@H]2C[C@@H](OCC(=O)NC[C@H](NC(=O)c3c(C)cc(C)cc3C)C(=O)O)CN2C(=O)OCc2ccccc2)c1. The fourth-order valence-electron chi connectivity index (χ4n) is 5.61. The van der Waals surface area contributed by atoms with Gasteiger partial charge in [0.25, 0.3) is 5.91 Å². The van der Waals surface area contributed by atoms with Gasteiger partial charge in [0.1, 0.15) is 25.0 Å². The predicted octanol–water partition coefficient (Wildman–Crippen LogP) is 3.83. The summed E-state index contributed by atoms with van der Waals surface area (Å²) in [6.45, 7) is 5.53. The number of ether oxygens (including phenoxy) is 3. The highest BCUT2D eigenvalue weighted by Crippen LogP contribution is 2.24. The van der Waals surface area contributed by atoms with Gasteiger partial charge in [-0.05, 0) is 56.0 Å². The topological polar surface area (TPSA) is 156 Å². The zero-order valence-corrected chi connectivity index (χ0v) is 27.1. The number of methoxy groups -OCH3 is 1. The summed E-state index contributed by atoms with van der Waals surface area (Å²) in [5.41, 5.74) is 4.53. The van der Waals surface area contributed by atoms with E-state index in [1.54, 1.807) is 25.9 Å². The summed E-state index contributed by atoms with van der Waals surface area (Å²) in [4.78, 5) is 52.2. The van der Waals surface area contributed by atoms with Crippen molar-refractivity contribution < 1.29 is 38.5 Å². The first-order chi connectivity index (χ1) is 22.5. The van der Waals surface area contributed by atoms with Crippen LogP contribution in [0.25, 0.3) is 0 Å². The van der Waals surface area contributed by atoms with Crippen molar-refractivity contribution in [2.24, 2.45) is 0 Å². The molecule has 3 aromatic carbocycles. The Balaban J connectivity index is 1.32. The summed E-state index contributed by atoms with van der Waals surface area (Å²) in [6, 6.07) is 18.9. The zero-order chi connectivity index (χ0) is 33.9. The molecular formula is C35H42N4O8. The summed E-state index contributed by atoms with van der Waals surface area (Å²) in [5, 5.41) is 18.1. The molecule has 250 valence electrons. The second-order valence-corrected chi connectivity index (χ2v) is 11.6. The molecule has 0 bridgehead atoms. The van der Waals surface area contributed by atoms with E-state index in [1.807, 2.05) is 73.7 Å². The Labute approximate surface area is 274 Å². The van der Waals surface area contributed by atoms with Crippen LogP contribution < -0.4 is 20.7 Å². The van der Waals surface area contributed by atoms with Gasteiger partial charge in [-0.25, -0.2) is 9.59 Å². The average molecular weight is 647 g/mol. The van der Waals surface area contributed by atoms with Gasteiger partial charge in [-0.3, -0.25) is 9.59 Å². The smallest absolute Gasteiger partial charge is 0.410 e. The average Bonchev–Trinajstić information content (AvgIpc) is 3.46. The molecule has 47 heavy (non-hydrogen) atoms. The first-order valence-electron chi connectivity index (χ1n) is 15.4. The number of aryl methyl sites for hydroxylation is 3. The first kappa shape index (κ1) is 34.8. The molecule has 3 amide bonds. The first-order valence-corrected chi connectivity index (χ1v) is 15.4. The Kier molecular flexibility index (Phi) is 12.2. The van der Waals surface area contributed by atoms with E-state index in [-0.39, 0.29) is 32.3 Å². The van der Waals surface area contributed by atoms with Gasteiger partial charge in [0.05, 0.1) is 25.8 Å². The van der Waals surface area contributed by atoms with E-state index in [9.17, 15) is 24.3 Å². The van der Waals surface area contributed by atoms with Crippen molar-refractivity contribution in [1.82, 2.24) is 15.5 Å². The van der Waals surface area contributed by atoms with Gasteiger partial charge in [0, 0.05) is 30.4 Å². The molecule has 0 aromatic heterocycles. The lowest BCUT2D eigenvalue weighted by Gasteiger charge is -2.24. The van der Waals surface area contributed by atoms with Crippen LogP contribution in [-0.2, 0) is 25.7 Å². The van der Waals surface area contributed by atoms with Crippen molar-refractivity contribution in [2.45, 2.75) is 52.0 Å². The predicted molar refractivity (Wildman–Crippen MR) is 176 cm³/mol. The maximum atomic E-state index is 13.1. The highest BCUT2D eigenvalue weighted by molar-refractivity contribution is 5.99. The number of nitrogens with one attached hydrogen (secondary N) is 3. The van der Waals surface area contributed by atoms with Gasteiger partial charge < -0.3 is 40.2 Å². The highest BCUT2D eigenvalue weighted by atomic mass is 16.6. The van der Waals surface area contributed by atoms with Crippen LogP contribution in [0.2, 0.25) is 0 Å². The molecule has 1 aliphatic rings. The molecule has 0 saturated carbocycles. The van der Waals surface area contributed by atoms with Crippen molar-refractivity contribution in [3.05, 3.63) is 94.5 Å². The number of benzene rings is 3. The second kappa shape index (κ2) is 16.5. The number of hydrogen-bond donors (Lipinski definition) is 4. The van der Waals surface area contributed by atoms with Crippen LogP contribution >= 0.6 is 0 Å². The number of carboxylic acids is 1. The standard InChI is InChI=1S/C35H42N4O8/c1-22-13-23(2)32(24(3)14-22)33(41)38-30(34(42)43)18-37-31(40)21-46-29-16-27(17-36-26-11-8-12-28(15-26)45-4)39(19-29)35(44)47-20-25-9-6-5-7-10-25/h5-15,27,29-30,36H,16-21H2,1-4H3,(H,37,40)(H,38,41)(H,42,43)/t27-,29+,30-/m0/s1. The largest absolute Gasteiger partial charge is 0.497 e. The quantitative estimate of drug-likeness (QED) is 0.205. The molecule has 0 aliphatic carbocycles. The van der Waals surface area contributed by atoms with Gasteiger partial charge in [-0.15, -0.1) is 0 Å². The van der Waals surface area contributed by atoms with E-state index in [2.05, 4.69) is 16.0 Å². The van der Waals surface area contributed by atoms with Gasteiger partial charge in [0.15, 0.2) is 0 Å². The molecule has 1 saturated heterocycles. The Morgan fingerprint density at radius 2 is 1.70 bits per heavy atom. The summed E-state index contributed by atoms with van der Waals surface area (Å²) in [6.07, 6.45) is -0.529. The third-order valence-electron chi connectivity index (χ3n) is 7.89. The van der Waals surface area contributed by atoms with Crippen LogP contribution in [-0.4, -0.2) is 85.4 Å². The van der Waals surface area contributed by atoms with Crippen LogP contribution in [0.4, 0.5) is 10.5 Å². The summed E-state index contributed by atoms with van der Waals surface area (Å²) < 4.78 is 16.8. The normalized spacial score (nSPS) is 16.2. The maximum Gasteiger partial charge on any atom is 0.410 e. The van der Waals surface area contributed by atoms with Crippen molar-refractivity contribution in [3.8, 4) is 5.75 Å². The number of hydrogen-bond acceptors (Lipinski definition) is 8. The minimum atomic E-state index is -1.35. The number of carbonyl (C=O) groups excluding carboxylic acids is 3. The summed E-state index contributed by atoms with van der Waals surface area (Å²) in [7, 11) is 1.59. The van der Waals surface area contributed by atoms with Crippen LogP contribution in [0.3, 0.4) is 0 Å². The number of likely N-dealkylation sites (tertiary alicyclic amines) is 1. The summed E-state index contributed by atoms with van der Waals surface area (Å²) >= 11 is 0. The molecule has 3 atom stereocenters. The van der Waals surface area contributed by atoms with Crippen molar-refractivity contribution >= 4 is 29.6 Å². The van der Waals surface area contributed by atoms with E-state index < -0.39 is 36.0 Å². The number of aliphatic carboxylic acids is 1. The van der Waals surface area contributed by atoms with E-state index in [1.165, 1.54) is 0 Å². The Bertz CT molecular complexity index is 1540. The Hall–Kier alpha value is -5.10. The van der Waals surface area contributed by atoms with Crippen LogP contribution in [0, 0.1) is 20.8 Å². The fraction of sp³-hybridized carbons (Fsp3) is 0.371. The fourth-order valence-corrected chi connectivity index (χ4v) is 5.61. The molecule has 1 heterocycles. The van der Waals surface area contributed by atoms with Gasteiger partial charge in [-0.2, -0.15) is 0 Å². The molecule has 12 nitrogen and oxygen atoms in total. The number of amides is 3. The Morgan fingerprint density at radius 1 is 0.979 bits per heavy atom. The lowest BCUT2D eigenvalue weighted by Crippen LogP contribution is -2.49. The van der Waals surface area contributed by atoms with Crippen molar-refractivity contribution in [2.75, 3.05) is 38.7 Å². The number of carbonyl (C=O) groups is 4. The van der Waals surface area contributed by atoms with Crippen molar-refractivity contribution in [1.29, 1.82) is 0 Å². The molecule has 4 N–H and O–H groups in total. The van der Waals surface area contributed by atoms with Gasteiger partial charge in [0.2, 0.25) is 5.91 Å². The summed E-state index contributed by atoms with van der Waals surface area (Å²) in [5.74, 6) is -1.67. The minimum Gasteiger partial charge on any atom is -0.497 e. The van der Waals surface area contributed by atoms with E-state index >= 15 is 0 Å². The lowest BCUT2D eigenvalue weighted by molar-refractivity contribution is -0.139. The van der Waals surface area contributed by atoms with E-state index in [0.29, 0.717) is 24.3 Å². The van der Waals surface area contributed by atoms with Crippen molar-refractivity contribution in [3.63, 3.8) is 0 Å². The molecule has 4 rings (SSSR count). The number of carboxylic acid groups (broad SMARTS) is 1. The van der Waals surface area contributed by atoms with Gasteiger partial charge in [-0.1, -0.05) is 54.1 Å². The van der Waals surface area contributed by atoms with E-state index in [4.69, 9.17) is 14.2 Å². The molecule has 3 aromatic rings. The molecule has 1 fully saturated rings. The van der Waals surface area contributed by atoms with Crippen LogP contribution in [0.5, 0.6) is 5.75 Å². The highest BCUT2D eigenvalue weighted by Gasteiger charge is 2.37. The zero-order valence-electron chi connectivity index (χ0n) is 27.1. The molecule has 0 unspecified atom stereocenters. The molecule has 0 spiro atoms. The maximum absolute atomic E-state index is 13.1. The molecule has 0 radical (unpaired) electrons.